The molecule has 0 amide bonds. The van der Waals surface area contributed by atoms with Crippen LogP contribution >= 0.6 is 0 Å². The molecule has 0 fully saturated rings. The van der Waals surface area contributed by atoms with Gasteiger partial charge in [0.15, 0.2) is 0 Å². The predicted molar refractivity (Wildman–Crippen MR) is 60.6 cm³/mol. The number of nitrogens with zero attached hydrogens (tertiary/aromatic N) is 5. The maximum atomic E-state index is 5.60. The van der Waals surface area contributed by atoms with Crippen molar-refractivity contribution in [3.05, 3.63) is 24.5 Å². The zero-order chi connectivity index (χ0) is 11.5. The molecule has 0 atom stereocenters. The van der Waals surface area contributed by atoms with E-state index in [1.165, 1.54) is 0 Å². The fourth-order valence-electron chi connectivity index (χ4n) is 1.52. The maximum absolute atomic E-state index is 5.60. The first-order valence-corrected chi connectivity index (χ1v) is 5.29. The first kappa shape index (κ1) is 10.7. The van der Waals surface area contributed by atoms with Gasteiger partial charge in [0, 0.05) is 12.7 Å². The van der Waals surface area contributed by atoms with Gasteiger partial charge in [0.05, 0.1) is 11.9 Å². The zero-order valence-electron chi connectivity index (χ0n) is 9.54. The van der Waals surface area contributed by atoms with Crippen molar-refractivity contribution in [2.75, 3.05) is 5.73 Å². The Morgan fingerprint density at radius 1 is 1.38 bits per heavy atom. The van der Waals surface area contributed by atoms with Gasteiger partial charge in [-0.25, -0.2) is 9.67 Å². The van der Waals surface area contributed by atoms with Crippen molar-refractivity contribution < 1.29 is 0 Å². The second-order valence-electron chi connectivity index (χ2n) is 4.22. The van der Waals surface area contributed by atoms with Crippen molar-refractivity contribution in [1.82, 2.24) is 24.5 Å². The van der Waals surface area contributed by atoms with Gasteiger partial charge >= 0.3 is 0 Å². The molecule has 0 aliphatic heterocycles. The van der Waals surface area contributed by atoms with Gasteiger partial charge in [-0.05, 0) is 5.92 Å². The van der Waals surface area contributed by atoms with E-state index in [1.807, 2.05) is 4.68 Å². The Labute approximate surface area is 94.1 Å². The normalized spacial score (nSPS) is 11.2. The molecular formula is C10H16N6. The van der Waals surface area contributed by atoms with Gasteiger partial charge < -0.3 is 5.73 Å². The highest BCUT2D eigenvalue weighted by Crippen LogP contribution is 2.04. The summed E-state index contributed by atoms with van der Waals surface area (Å²) in [5.41, 5.74) is 6.26. The Morgan fingerprint density at radius 2 is 2.19 bits per heavy atom. The van der Waals surface area contributed by atoms with Gasteiger partial charge in [-0.2, -0.15) is 10.2 Å². The molecule has 0 aliphatic rings. The third-order valence-electron chi connectivity index (χ3n) is 2.19. The fourth-order valence-corrected chi connectivity index (χ4v) is 1.52. The van der Waals surface area contributed by atoms with E-state index >= 15 is 0 Å². The number of nitrogens with two attached hydrogens (primary N) is 1. The van der Waals surface area contributed by atoms with Crippen molar-refractivity contribution in [1.29, 1.82) is 0 Å². The number of hydrogen-bond acceptors (Lipinski definition) is 4. The molecule has 0 spiro atoms. The van der Waals surface area contributed by atoms with E-state index < -0.39 is 0 Å². The van der Waals surface area contributed by atoms with Gasteiger partial charge in [-0.1, -0.05) is 13.8 Å². The number of aromatic nitrogens is 5. The van der Waals surface area contributed by atoms with Crippen LogP contribution in [0, 0.1) is 5.92 Å². The minimum atomic E-state index is 0.545. The number of hydrogen-bond donors (Lipinski definition) is 1. The monoisotopic (exact) mass is 220 g/mol. The molecule has 0 bridgehead atoms. The number of anilines is 1. The first-order valence-electron chi connectivity index (χ1n) is 5.29. The minimum absolute atomic E-state index is 0.545. The molecule has 2 N–H and O–H groups in total. The highest BCUT2D eigenvalue weighted by Gasteiger charge is 2.07. The lowest BCUT2D eigenvalue weighted by Gasteiger charge is -2.08. The molecule has 0 radical (unpaired) electrons. The number of nitrogen functional groups attached to an aromatic ring is 1. The molecular weight excluding hydrogens is 204 g/mol. The summed E-state index contributed by atoms with van der Waals surface area (Å²) in [6.45, 7) is 5.77. The second-order valence-corrected chi connectivity index (χ2v) is 4.22. The van der Waals surface area contributed by atoms with Crippen molar-refractivity contribution in [3.63, 3.8) is 0 Å². The lowest BCUT2D eigenvalue weighted by molar-refractivity contribution is 0.456. The van der Waals surface area contributed by atoms with Crippen LogP contribution in [0.1, 0.15) is 19.7 Å². The van der Waals surface area contributed by atoms with Crippen LogP contribution in [0.15, 0.2) is 18.7 Å². The molecule has 16 heavy (non-hydrogen) atoms. The van der Waals surface area contributed by atoms with Gasteiger partial charge in [-0.3, -0.25) is 4.68 Å². The molecule has 0 aliphatic carbocycles. The van der Waals surface area contributed by atoms with Crippen LogP contribution in [0.4, 0.5) is 5.69 Å². The lowest BCUT2D eigenvalue weighted by Crippen LogP contribution is -2.13. The summed E-state index contributed by atoms with van der Waals surface area (Å²) in [6.07, 6.45) is 4.99. The molecule has 0 aromatic carbocycles. The molecule has 6 nitrogen and oxygen atoms in total. The van der Waals surface area contributed by atoms with Crippen LogP contribution in [-0.4, -0.2) is 24.5 Å². The molecule has 0 unspecified atom stereocenters. The summed E-state index contributed by atoms with van der Waals surface area (Å²) in [5.74, 6) is 1.44. The molecule has 86 valence electrons. The SMILES string of the molecule is CC(C)Cn1ncnc1Cn1cc(N)cn1. The molecule has 2 heterocycles. The molecule has 0 saturated heterocycles. The summed E-state index contributed by atoms with van der Waals surface area (Å²) in [4.78, 5) is 4.22. The Bertz CT molecular complexity index is 455. The van der Waals surface area contributed by atoms with Crippen LogP contribution in [-0.2, 0) is 13.1 Å². The van der Waals surface area contributed by atoms with Crippen molar-refractivity contribution in [2.45, 2.75) is 26.9 Å². The highest BCUT2D eigenvalue weighted by molar-refractivity contribution is 5.30. The topological polar surface area (TPSA) is 74.5 Å². The Morgan fingerprint density at radius 3 is 2.81 bits per heavy atom. The maximum Gasteiger partial charge on any atom is 0.148 e. The second kappa shape index (κ2) is 4.34. The van der Waals surface area contributed by atoms with Gasteiger partial charge in [0.2, 0.25) is 0 Å². The third kappa shape index (κ3) is 2.39. The fraction of sp³-hybridized carbons (Fsp3) is 0.500. The van der Waals surface area contributed by atoms with Crippen molar-refractivity contribution >= 4 is 5.69 Å². The van der Waals surface area contributed by atoms with Crippen LogP contribution in [0.2, 0.25) is 0 Å². The van der Waals surface area contributed by atoms with Crippen LogP contribution in [0.3, 0.4) is 0 Å². The number of rotatable bonds is 4. The quantitative estimate of drug-likeness (QED) is 0.825. The van der Waals surface area contributed by atoms with E-state index in [0.29, 0.717) is 18.2 Å². The summed E-state index contributed by atoms with van der Waals surface area (Å²) < 4.78 is 3.67. The van der Waals surface area contributed by atoms with Gasteiger partial charge in [-0.15, -0.1) is 0 Å². The van der Waals surface area contributed by atoms with Crippen molar-refractivity contribution in [3.8, 4) is 0 Å². The van der Waals surface area contributed by atoms with E-state index in [1.54, 1.807) is 23.4 Å². The van der Waals surface area contributed by atoms with Crippen LogP contribution in [0.5, 0.6) is 0 Å². The average Bonchev–Trinajstić information content (AvgIpc) is 2.77. The van der Waals surface area contributed by atoms with E-state index in [2.05, 4.69) is 29.0 Å². The Kier molecular flexibility index (Phi) is 2.89. The van der Waals surface area contributed by atoms with Crippen LogP contribution < -0.4 is 5.73 Å². The molecule has 2 aromatic rings. The predicted octanol–water partition coefficient (Wildman–Crippen LogP) is 0.761. The summed E-state index contributed by atoms with van der Waals surface area (Å²) in [6, 6.07) is 0. The minimum Gasteiger partial charge on any atom is -0.396 e. The zero-order valence-corrected chi connectivity index (χ0v) is 9.54. The Balaban J connectivity index is 2.12. The van der Waals surface area contributed by atoms with Gasteiger partial charge in [0.1, 0.15) is 18.7 Å². The van der Waals surface area contributed by atoms with Crippen LogP contribution in [0.25, 0.3) is 0 Å². The average molecular weight is 220 g/mol. The standard InChI is InChI=1S/C10H16N6/c1-8(2)4-16-10(12-7-14-16)6-15-5-9(11)3-13-15/h3,5,7-8H,4,6,11H2,1-2H3. The van der Waals surface area contributed by atoms with Gasteiger partial charge in [0.25, 0.3) is 0 Å². The lowest BCUT2D eigenvalue weighted by atomic mass is 10.2. The molecule has 2 rings (SSSR count). The van der Waals surface area contributed by atoms with E-state index in [0.717, 1.165) is 12.4 Å². The first-order chi connectivity index (χ1) is 7.65. The van der Waals surface area contributed by atoms with Crippen molar-refractivity contribution in [2.24, 2.45) is 5.92 Å². The Hall–Kier alpha value is -1.85. The molecule has 6 heteroatoms. The summed E-state index contributed by atoms with van der Waals surface area (Å²) in [7, 11) is 0. The summed E-state index contributed by atoms with van der Waals surface area (Å²) >= 11 is 0. The third-order valence-corrected chi connectivity index (χ3v) is 2.19. The largest absolute Gasteiger partial charge is 0.396 e. The summed E-state index contributed by atoms with van der Waals surface area (Å²) in [5, 5.41) is 8.31. The molecule has 2 aromatic heterocycles. The molecule has 0 saturated carbocycles. The van der Waals surface area contributed by atoms with E-state index in [9.17, 15) is 0 Å². The smallest absolute Gasteiger partial charge is 0.148 e. The van der Waals surface area contributed by atoms with E-state index in [4.69, 9.17) is 5.73 Å². The highest BCUT2D eigenvalue weighted by atomic mass is 15.4. The van der Waals surface area contributed by atoms with E-state index in [-0.39, 0.29) is 0 Å².